The standard InChI is InChI=1S/C15H19ClN2O/c16-8-9-17-10-12-18(13-11-17)15(19)7-6-14-4-2-1-3-5-14/h1-7H,8-13H2/b7-6+. The molecule has 4 heteroatoms. The van der Waals surface area contributed by atoms with Crippen LogP contribution in [0.25, 0.3) is 6.08 Å². The first kappa shape index (κ1) is 14.1. The van der Waals surface area contributed by atoms with Gasteiger partial charge in [0, 0.05) is 44.7 Å². The molecule has 1 amide bonds. The van der Waals surface area contributed by atoms with E-state index in [9.17, 15) is 4.79 Å². The molecule has 1 saturated heterocycles. The van der Waals surface area contributed by atoms with Crippen molar-refractivity contribution in [2.75, 3.05) is 38.6 Å². The molecule has 19 heavy (non-hydrogen) atoms. The normalized spacial score (nSPS) is 17.0. The van der Waals surface area contributed by atoms with Gasteiger partial charge < -0.3 is 4.90 Å². The van der Waals surface area contributed by atoms with E-state index in [0.29, 0.717) is 5.88 Å². The zero-order chi connectivity index (χ0) is 13.5. The molecule has 0 aliphatic carbocycles. The molecule has 1 aliphatic rings. The van der Waals surface area contributed by atoms with Crippen LogP contribution in [0.5, 0.6) is 0 Å². The van der Waals surface area contributed by atoms with Gasteiger partial charge in [0.1, 0.15) is 0 Å². The molecular weight excluding hydrogens is 260 g/mol. The lowest BCUT2D eigenvalue weighted by Gasteiger charge is -2.33. The fourth-order valence-corrected chi connectivity index (χ4v) is 2.39. The summed E-state index contributed by atoms with van der Waals surface area (Å²) in [4.78, 5) is 16.2. The Morgan fingerprint density at radius 1 is 1.16 bits per heavy atom. The maximum absolute atomic E-state index is 12.0. The first-order chi connectivity index (χ1) is 9.29. The Hall–Kier alpha value is -1.32. The number of carbonyl (C=O) groups excluding carboxylic acids is 1. The number of halogens is 1. The number of rotatable bonds is 4. The van der Waals surface area contributed by atoms with Crippen LogP contribution in [0, 0.1) is 0 Å². The monoisotopic (exact) mass is 278 g/mol. The summed E-state index contributed by atoms with van der Waals surface area (Å²) < 4.78 is 0. The zero-order valence-corrected chi connectivity index (χ0v) is 11.7. The van der Waals surface area contributed by atoms with Crippen molar-refractivity contribution in [1.29, 1.82) is 0 Å². The second-order valence-electron chi connectivity index (χ2n) is 4.60. The van der Waals surface area contributed by atoms with Gasteiger partial charge in [-0.1, -0.05) is 30.3 Å². The minimum absolute atomic E-state index is 0.0920. The summed E-state index contributed by atoms with van der Waals surface area (Å²) in [5.74, 6) is 0.747. The lowest BCUT2D eigenvalue weighted by Crippen LogP contribution is -2.48. The first-order valence-electron chi connectivity index (χ1n) is 6.60. The number of alkyl halides is 1. The highest BCUT2D eigenvalue weighted by atomic mass is 35.5. The molecule has 0 bridgehead atoms. The summed E-state index contributed by atoms with van der Waals surface area (Å²) in [6.07, 6.45) is 3.53. The molecule has 0 radical (unpaired) electrons. The molecule has 1 aromatic rings. The van der Waals surface area contributed by atoms with E-state index in [-0.39, 0.29) is 5.91 Å². The third-order valence-corrected chi connectivity index (χ3v) is 3.47. The van der Waals surface area contributed by atoms with Crippen LogP contribution in [-0.4, -0.2) is 54.3 Å². The number of nitrogens with zero attached hydrogens (tertiary/aromatic N) is 2. The topological polar surface area (TPSA) is 23.6 Å². The van der Waals surface area contributed by atoms with Crippen molar-refractivity contribution in [2.24, 2.45) is 0 Å². The van der Waals surface area contributed by atoms with Crippen molar-refractivity contribution in [3.8, 4) is 0 Å². The van der Waals surface area contributed by atoms with Crippen molar-refractivity contribution in [3.63, 3.8) is 0 Å². The third kappa shape index (κ3) is 4.37. The van der Waals surface area contributed by atoms with E-state index in [4.69, 9.17) is 11.6 Å². The van der Waals surface area contributed by atoms with Crippen LogP contribution in [0.1, 0.15) is 5.56 Å². The van der Waals surface area contributed by atoms with E-state index < -0.39 is 0 Å². The third-order valence-electron chi connectivity index (χ3n) is 3.30. The second kappa shape index (κ2) is 7.31. The lowest BCUT2D eigenvalue weighted by atomic mass is 10.2. The summed E-state index contributed by atoms with van der Waals surface area (Å²) in [5, 5.41) is 0. The van der Waals surface area contributed by atoms with Gasteiger partial charge in [0.25, 0.3) is 0 Å². The molecule has 1 heterocycles. The highest BCUT2D eigenvalue weighted by molar-refractivity contribution is 6.18. The number of amides is 1. The van der Waals surface area contributed by atoms with Gasteiger partial charge in [-0.05, 0) is 11.6 Å². The highest BCUT2D eigenvalue weighted by Crippen LogP contribution is 2.05. The van der Waals surface area contributed by atoms with Crippen LogP contribution >= 0.6 is 11.6 Å². The molecule has 0 saturated carbocycles. The van der Waals surface area contributed by atoms with Crippen LogP contribution in [0.3, 0.4) is 0 Å². The number of carbonyl (C=O) groups is 1. The van der Waals surface area contributed by atoms with Crippen molar-refractivity contribution < 1.29 is 4.79 Å². The highest BCUT2D eigenvalue weighted by Gasteiger charge is 2.18. The Morgan fingerprint density at radius 3 is 2.47 bits per heavy atom. The van der Waals surface area contributed by atoms with E-state index >= 15 is 0 Å². The zero-order valence-electron chi connectivity index (χ0n) is 11.0. The predicted octanol–water partition coefficient (Wildman–Crippen LogP) is 2.08. The van der Waals surface area contributed by atoms with E-state index in [1.165, 1.54) is 0 Å². The number of hydrogen-bond acceptors (Lipinski definition) is 2. The van der Waals surface area contributed by atoms with E-state index in [2.05, 4.69) is 4.90 Å². The smallest absolute Gasteiger partial charge is 0.246 e. The summed E-state index contributed by atoms with van der Waals surface area (Å²) in [5.41, 5.74) is 1.05. The second-order valence-corrected chi connectivity index (χ2v) is 4.98. The average molecular weight is 279 g/mol. The van der Waals surface area contributed by atoms with Gasteiger partial charge in [-0.15, -0.1) is 11.6 Å². The van der Waals surface area contributed by atoms with Crippen LogP contribution < -0.4 is 0 Å². The van der Waals surface area contributed by atoms with Crippen molar-refractivity contribution in [2.45, 2.75) is 0 Å². The molecule has 1 fully saturated rings. The number of hydrogen-bond donors (Lipinski definition) is 0. The largest absolute Gasteiger partial charge is 0.337 e. The van der Waals surface area contributed by atoms with Crippen LogP contribution in [-0.2, 0) is 4.79 Å². The molecule has 0 N–H and O–H groups in total. The van der Waals surface area contributed by atoms with Crippen molar-refractivity contribution >= 4 is 23.6 Å². The van der Waals surface area contributed by atoms with E-state index in [1.807, 2.05) is 41.3 Å². The lowest BCUT2D eigenvalue weighted by molar-refractivity contribution is -0.127. The maximum atomic E-state index is 12.0. The van der Waals surface area contributed by atoms with Gasteiger partial charge in [0.05, 0.1) is 0 Å². The van der Waals surface area contributed by atoms with Crippen LogP contribution in [0.15, 0.2) is 36.4 Å². The molecule has 0 aromatic heterocycles. The number of benzene rings is 1. The van der Waals surface area contributed by atoms with E-state index in [0.717, 1.165) is 38.3 Å². The quantitative estimate of drug-likeness (QED) is 0.622. The Labute approximate surface area is 119 Å². The van der Waals surface area contributed by atoms with Gasteiger partial charge in [-0.3, -0.25) is 9.69 Å². The first-order valence-corrected chi connectivity index (χ1v) is 7.13. The Bertz CT molecular complexity index is 425. The Balaban J connectivity index is 1.83. The minimum Gasteiger partial charge on any atom is -0.337 e. The molecule has 3 nitrogen and oxygen atoms in total. The van der Waals surface area contributed by atoms with Crippen molar-refractivity contribution in [3.05, 3.63) is 42.0 Å². The minimum atomic E-state index is 0.0920. The van der Waals surface area contributed by atoms with E-state index in [1.54, 1.807) is 6.08 Å². The van der Waals surface area contributed by atoms with Crippen molar-refractivity contribution in [1.82, 2.24) is 9.80 Å². The molecule has 102 valence electrons. The average Bonchev–Trinajstić information content (AvgIpc) is 2.47. The summed E-state index contributed by atoms with van der Waals surface area (Å²) in [6.45, 7) is 4.31. The van der Waals surface area contributed by atoms with Gasteiger partial charge >= 0.3 is 0 Å². The van der Waals surface area contributed by atoms with Gasteiger partial charge in [-0.25, -0.2) is 0 Å². The molecule has 0 unspecified atom stereocenters. The van der Waals surface area contributed by atoms with Crippen LogP contribution in [0.4, 0.5) is 0 Å². The van der Waals surface area contributed by atoms with Crippen LogP contribution in [0.2, 0.25) is 0 Å². The molecule has 1 aliphatic heterocycles. The fraction of sp³-hybridized carbons (Fsp3) is 0.400. The molecule has 1 aromatic carbocycles. The van der Waals surface area contributed by atoms with Gasteiger partial charge in [0.2, 0.25) is 5.91 Å². The summed E-state index contributed by atoms with van der Waals surface area (Å²) in [6, 6.07) is 9.88. The Kier molecular flexibility index (Phi) is 5.43. The predicted molar refractivity (Wildman–Crippen MR) is 79.2 cm³/mol. The summed E-state index contributed by atoms with van der Waals surface area (Å²) in [7, 11) is 0. The summed E-state index contributed by atoms with van der Waals surface area (Å²) >= 11 is 5.72. The molecule has 0 atom stereocenters. The number of piperazine rings is 1. The maximum Gasteiger partial charge on any atom is 0.246 e. The van der Waals surface area contributed by atoms with Gasteiger partial charge in [0.15, 0.2) is 0 Å². The van der Waals surface area contributed by atoms with Gasteiger partial charge in [-0.2, -0.15) is 0 Å². The molecular formula is C15H19ClN2O. The molecule has 0 spiro atoms. The fourth-order valence-electron chi connectivity index (χ4n) is 2.15. The Morgan fingerprint density at radius 2 is 1.84 bits per heavy atom. The SMILES string of the molecule is O=C(/C=C/c1ccccc1)N1CCN(CCCl)CC1. The molecule has 2 rings (SSSR count).